The van der Waals surface area contributed by atoms with Gasteiger partial charge in [0.15, 0.2) is 11.5 Å². The van der Waals surface area contributed by atoms with Crippen LogP contribution in [0.5, 0.6) is 0 Å². The zero-order chi connectivity index (χ0) is 16.2. The highest BCUT2D eigenvalue weighted by molar-refractivity contribution is 7.13. The Balaban J connectivity index is 1.60. The monoisotopic (exact) mass is 334 g/mol. The summed E-state index contributed by atoms with van der Waals surface area (Å²) in [6.07, 6.45) is 0.0554. The largest absolute Gasteiger partial charge is 0.355 e. The van der Waals surface area contributed by atoms with Crippen molar-refractivity contribution in [2.75, 3.05) is 6.54 Å². The molecule has 1 N–H and O–H groups in total. The number of carbonyl (C=O) groups excluding carboxylic acids is 1. The smallest absolute Gasteiger partial charge is 0.273 e. The maximum atomic E-state index is 13.5. The zero-order valence-electron chi connectivity index (χ0n) is 11.9. The number of hydrogen-bond acceptors (Lipinski definition) is 4. The zero-order valence-corrected chi connectivity index (χ0v) is 12.7. The molecule has 0 radical (unpaired) electrons. The van der Waals surface area contributed by atoms with Gasteiger partial charge in [0.1, 0.15) is 11.6 Å². The molecule has 0 aliphatic rings. The van der Waals surface area contributed by atoms with Crippen molar-refractivity contribution in [3.05, 3.63) is 64.7 Å². The van der Waals surface area contributed by atoms with Crippen LogP contribution in [-0.4, -0.2) is 17.6 Å². The van der Waals surface area contributed by atoms with E-state index in [2.05, 4.69) is 10.5 Å². The summed E-state index contributed by atoms with van der Waals surface area (Å²) in [6, 6.07) is 8.93. The fourth-order valence-electron chi connectivity index (χ4n) is 2.08. The Hall–Kier alpha value is -2.54. The molecule has 3 rings (SSSR count). The molecule has 0 aliphatic carbocycles. The van der Waals surface area contributed by atoms with Gasteiger partial charge in [-0.2, -0.15) is 0 Å². The van der Waals surface area contributed by atoms with Crippen molar-refractivity contribution in [2.45, 2.75) is 6.42 Å². The Kier molecular flexibility index (Phi) is 4.47. The molecule has 0 saturated heterocycles. The first-order valence-corrected chi connectivity index (χ1v) is 7.75. The van der Waals surface area contributed by atoms with Crippen LogP contribution >= 0.6 is 11.3 Å². The highest BCUT2D eigenvalue weighted by Crippen LogP contribution is 2.25. The van der Waals surface area contributed by atoms with Gasteiger partial charge in [-0.1, -0.05) is 17.3 Å². The van der Waals surface area contributed by atoms with Crippen molar-refractivity contribution in [3.63, 3.8) is 0 Å². The predicted octanol–water partition coefficient (Wildman–Crippen LogP) is 3.65. The van der Waals surface area contributed by atoms with E-state index in [9.17, 15) is 13.6 Å². The van der Waals surface area contributed by atoms with Crippen LogP contribution in [0.1, 0.15) is 16.1 Å². The van der Waals surface area contributed by atoms with E-state index in [1.807, 2.05) is 17.5 Å². The SMILES string of the molecule is O=C(NCCc1c(F)cccc1F)c1cc(-c2cccs2)on1. The molecular formula is C16H12F2N2O2S. The van der Waals surface area contributed by atoms with Crippen molar-refractivity contribution in [3.8, 4) is 10.6 Å². The molecule has 0 spiro atoms. The van der Waals surface area contributed by atoms with Gasteiger partial charge in [0.2, 0.25) is 0 Å². The first-order valence-electron chi connectivity index (χ1n) is 6.87. The summed E-state index contributed by atoms with van der Waals surface area (Å²) >= 11 is 1.47. The number of halogens is 2. The second kappa shape index (κ2) is 6.70. The minimum Gasteiger partial charge on any atom is -0.355 e. The number of thiophene rings is 1. The summed E-state index contributed by atoms with van der Waals surface area (Å²) in [7, 11) is 0. The standard InChI is InChI=1S/C16H12F2N2O2S/c17-11-3-1-4-12(18)10(11)6-7-19-16(21)13-9-14(22-20-13)15-5-2-8-23-15/h1-5,8-9H,6-7H2,(H,19,21). The topological polar surface area (TPSA) is 55.1 Å². The van der Waals surface area contributed by atoms with Crippen LogP contribution in [0.25, 0.3) is 10.6 Å². The highest BCUT2D eigenvalue weighted by Gasteiger charge is 2.14. The molecule has 2 aromatic heterocycles. The molecule has 0 saturated carbocycles. The van der Waals surface area contributed by atoms with E-state index in [-0.39, 0.29) is 24.2 Å². The molecule has 3 aromatic rings. The van der Waals surface area contributed by atoms with Gasteiger partial charge in [-0.15, -0.1) is 11.3 Å². The second-order valence-electron chi connectivity index (χ2n) is 4.76. The fraction of sp³-hybridized carbons (Fsp3) is 0.125. The van der Waals surface area contributed by atoms with Crippen LogP contribution in [0.4, 0.5) is 8.78 Å². The average Bonchev–Trinajstić information content (AvgIpc) is 3.20. The van der Waals surface area contributed by atoms with E-state index in [1.165, 1.54) is 35.6 Å². The van der Waals surface area contributed by atoms with Gasteiger partial charge in [-0.05, 0) is 30.0 Å². The summed E-state index contributed by atoms with van der Waals surface area (Å²) in [5.41, 5.74) is 0.0784. The third kappa shape index (κ3) is 3.45. The Morgan fingerprint density at radius 1 is 1.22 bits per heavy atom. The molecule has 4 nitrogen and oxygen atoms in total. The van der Waals surface area contributed by atoms with Crippen molar-refractivity contribution < 1.29 is 18.1 Å². The number of rotatable bonds is 5. The minimum absolute atomic E-state index is 0.0489. The van der Waals surface area contributed by atoms with E-state index in [4.69, 9.17) is 4.52 Å². The van der Waals surface area contributed by atoms with E-state index < -0.39 is 17.5 Å². The molecule has 0 atom stereocenters. The molecular weight excluding hydrogens is 322 g/mol. The van der Waals surface area contributed by atoms with Crippen LogP contribution in [0.15, 0.2) is 46.3 Å². The molecule has 0 fully saturated rings. The van der Waals surface area contributed by atoms with Crippen LogP contribution < -0.4 is 5.32 Å². The van der Waals surface area contributed by atoms with E-state index in [0.717, 1.165) is 4.88 Å². The van der Waals surface area contributed by atoms with E-state index >= 15 is 0 Å². The molecule has 0 bridgehead atoms. The second-order valence-corrected chi connectivity index (χ2v) is 5.71. The minimum atomic E-state index is -0.624. The summed E-state index contributed by atoms with van der Waals surface area (Å²) in [5.74, 6) is -1.19. The Morgan fingerprint density at radius 3 is 2.70 bits per heavy atom. The summed E-state index contributed by atoms with van der Waals surface area (Å²) in [5, 5.41) is 8.16. The number of hydrogen-bond donors (Lipinski definition) is 1. The number of amides is 1. The lowest BCUT2D eigenvalue weighted by Crippen LogP contribution is -2.26. The molecule has 0 unspecified atom stereocenters. The Labute approximate surface area is 134 Å². The normalized spacial score (nSPS) is 10.7. The van der Waals surface area contributed by atoms with Crippen LogP contribution in [0, 0.1) is 11.6 Å². The van der Waals surface area contributed by atoms with Crippen LogP contribution in [-0.2, 0) is 6.42 Å². The number of benzene rings is 1. The van der Waals surface area contributed by atoms with Gasteiger partial charge in [0, 0.05) is 18.2 Å². The lowest BCUT2D eigenvalue weighted by molar-refractivity contribution is 0.0945. The number of nitrogens with zero attached hydrogens (tertiary/aromatic N) is 1. The third-order valence-corrected chi connectivity index (χ3v) is 4.11. The Morgan fingerprint density at radius 2 is 2.00 bits per heavy atom. The maximum Gasteiger partial charge on any atom is 0.273 e. The predicted molar refractivity (Wildman–Crippen MR) is 82.2 cm³/mol. The molecule has 2 heterocycles. The third-order valence-electron chi connectivity index (χ3n) is 3.23. The van der Waals surface area contributed by atoms with Gasteiger partial charge in [-0.25, -0.2) is 8.78 Å². The number of nitrogens with one attached hydrogen (secondary N) is 1. The Bertz CT molecular complexity index is 795. The molecule has 7 heteroatoms. The van der Waals surface area contributed by atoms with Crippen molar-refractivity contribution >= 4 is 17.2 Å². The van der Waals surface area contributed by atoms with Gasteiger partial charge in [0.05, 0.1) is 4.88 Å². The van der Waals surface area contributed by atoms with E-state index in [0.29, 0.717) is 5.76 Å². The number of carbonyl (C=O) groups is 1. The van der Waals surface area contributed by atoms with Crippen LogP contribution in [0.2, 0.25) is 0 Å². The number of aromatic nitrogens is 1. The molecule has 0 aliphatic heterocycles. The summed E-state index contributed by atoms with van der Waals surface area (Å²) < 4.78 is 32.1. The first-order chi connectivity index (χ1) is 11.1. The summed E-state index contributed by atoms with van der Waals surface area (Å²) in [6.45, 7) is 0.0951. The van der Waals surface area contributed by atoms with Gasteiger partial charge in [0.25, 0.3) is 5.91 Å². The van der Waals surface area contributed by atoms with Crippen molar-refractivity contribution in [1.82, 2.24) is 10.5 Å². The lowest BCUT2D eigenvalue weighted by Gasteiger charge is -2.05. The van der Waals surface area contributed by atoms with Gasteiger partial charge >= 0.3 is 0 Å². The maximum absolute atomic E-state index is 13.5. The molecule has 23 heavy (non-hydrogen) atoms. The first kappa shape index (κ1) is 15.4. The quantitative estimate of drug-likeness (QED) is 0.775. The molecule has 118 valence electrons. The van der Waals surface area contributed by atoms with Gasteiger partial charge in [-0.3, -0.25) is 4.79 Å². The fourth-order valence-corrected chi connectivity index (χ4v) is 2.75. The van der Waals surface area contributed by atoms with Crippen molar-refractivity contribution in [1.29, 1.82) is 0 Å². The average molecular weight is 334 g/mol. The van der Waals surface area contributed by atoms with E-state index in [1.54, 1.807) is 0 Å². The van der Waals surface area contributed by atoms with Gasteiger partial charge < -0.3 is 9.84 Å². The molecule has 1 amide bonds. The van der Waals surface area contributed by atoms with Crippen molar-refractivity contribution in [2.24, 2.45) is 0 Å². The highest BCUT2D eigenvalue weighted by atomic mass is 32.1. The molecule has 1 aromatic carbocycles. The van der Waals surface area contributed by atoms with Crippen LogP contribution in [0.3, 0.4) is 0 Å². The lowest BCUT2D eigenvalue weighted by atomic mass is 10.1. The summed E-state index contributed by atoms with van der Waals surface area (Å²) in [4.78, 5) is 12.8.